The first-order chi connectivity index (χ1) is 19.8. The molecule has 0 radical (unpaired) electrons. The Morgan fingerprint density at radius 3 is 1.49 bits per heavy atom. The molecule has 0 spiro atoms. The molecule has 0 bridgehead atoms. The van der Waals surface area contributed by atoms with Crippen molar-refractivity contribution in [1.29, 1.82) is 0 Å². The Kier molecular flexibility index (Phi) is 13.2. The van der Waals surface area contributed by atoms with Crippen molar-refractivity contribution >= 4 is 45.8 Å². The molecule has 0 unspecified atom stereocenters. The van der Waals surface area contributed by atoms with Crippen LogP contribution in [-0.2, 0) is 0 Å². The summed E-state index contributed by atoms with van der Waals surface area (Å²) in [5.74, 6) is 0. The van der Waals surface area contributed by atoms with Gasteiger partial charge in [0.15, 0.2) is 0 Å². The summed E-state index contributed by atoms with van der Waals surface area (Å²) in [5, 5.41) is 4.07. The second kappa shape index (κ2) is 16.8. The molecule has 0 saturated heterocycles. The Balaban J connectivity index is 0.000000201. The van der Waals surface area contributed by atoms with Crippen molar-refractivity contribution in [3.63, 3.8) is 0 Å². The average molecular weight is 624 g/mol. The highest BCUT2D eigenvalue weighted by Crippen LogP contribution is 2.35. The smallest absolute Gasteiger partial charge is 0.0272 e. The van der Waals surface area contributed by atoms with Crippen LogP contribution in [0.2, 0.25) is 0 Å². The normalized spacial score (nSPS) is 11.8. The first kappa shape index (κ1) is 32.2. The lowest BCUT2D eigenvalue weighted by Gasteiger charge is -2.23. The van der Waals surface area contributed by atoms with Gasteiger partial charge in [0.05, 0.1) is 0 Å². The summed E-state index contributed by atoms with van der Waals surface area (Å²) in [6.07, 6.45) is 1.82. The largest absolute Gasteiger partial charge is 0.324 e. The van der Waals surface area contributed by atoms with Gasteiger partial charge in [-0.1, -0.05) is 156 Å². The minimum Gasteiger partial charge on any atom is -0.324 e. The van der Waals surface area contributed by atoms with Gasteiger partial charge in [-0.2, -0.15) is 0 Å². The van der Waals surface area contributed by atoms with Crippen molar-refractivity contribution in [2.75, 3.05) is 0 Å². The maximum atomic E-state index is 6.22. The maximum absolute atomic E-state index is 6.22. The molecule has 0 heterocycles. The highest BCUT2D eigenvalue weighted by atomic mass is 79.9. The zero-order valence-corrected chi connectivity index (χ0v) is 26.6. The van der Waals surface area contributed by atoms with Crippen LogP contribution < -0.4 is 27.4 Å². The zero-order valence-electron chi connectivity index (χ0n) is 24.1. The molecule has 0 aliphatic rings. The first-order valence-corrected chi connectivity index (χ1v) is 15.9. The third-order valence-corrected chi connectivity index (χ3v) is 9.74. The van der Waals surface area contributed by atoms with E-state index in [4.69, 9.17) is 11.5 Å². The third-order valence-electron chi connectivity index (χ3n) is 6.50. The Labute approximate surface area is 256 Å². The quantitative estimate of drug-likeness (QED) is 0.186. The predicted octanol–water partition coefficient (Wildman–Crippen LogP) is 8.57. The topological polar surface area (TPSA) is 52.0 Å². The molecule has 0 amide bonds. The van der Waals surface area contributed by atoms with Crippen molar-refractivity contribution in [3.05, 3.63) is 167 Å². The monoisotopic (exact) mass is 622 g/mol. The highest BCUT2D eigenvalue weighted by Gasteiger charge is 2.20. The molecule has 4 N–H and O–H groups in total. The van der Waals surface area contributed by atoms with Gasteiger partial charge in [-0.25, -0.2) is 0 Å². The number of benzene rings is 5. The molecule has 41 heavy (non-hydrogen) atoms. The van der Waals surface area contributed by atoms with Gasteiger partial charge in [-0.05, 0) is 72.9 Å². The third kappa shape index (κ3) is 9.63. The standard InChI is InChI=1S/C20H20NP.C9H13N.C8H7Br/c1-16(21)19-14-8-9-15-20(19)22(17-10-4-2-5-11-17)18-12-6-3-7-13-18;1-7-5-3-4-6-9(7)8(2)10;1-2-7-5-3-4-6-8(7)9/h2-16H,21H2,1H3;3-6,8H,10H2,1-2H3;2-6H,1H2/t16-;8-;/m00./s1. The Morgan fingerprint density at radius 1 is 0.610 bits per heavy atom. The fourth-order valence-corrected chi connectivity index (χ4v) is 7.41. The van der Waals surface area contributed by atoms with E-state index in [9.17, 15) is 0 Å². The Bertz CT molecular complexity index is 1440. The van der Waals surface area contributed by atoms with E-state index in [1.54, 1.807) is 0 Å². The first-order valence-electron chi connectivity index (χ1n) is 13.8. The van der Waals surface area contributed by atoms with E-state index in [1.807, 2.05) is 49.4 Å². The van der Waals surface area contributed by atoms with Crippen molar-refractivity contribution < 1.29 is 0 Å². The molecule has 5 aromatic rings. The van der Waals surface area contributed by atoms with Crippen molar-refractivity contribution in [2.24, 2.45) is 11.5 Å². The number of aryl methyl sites for hydroxylation is 1. The van der Waals surface area contributed by atoms with E-state index in [2.05, 4.69) is 133 Å². The number of hydrogen-bond donors (Lipinski definition) is 2. The van der Waals surface area contributed by atoms with Crippen molar-refractivity contribution in [1.82, 2.24) is 0 Å². The Hall–Kier alpha value is -3.33. The fraction of sp³-hybridized carbons (Fsp3) is 0.135. The summed E-state index contributed by atoms with van der Waals surface area (Å²) < 4.78 is 1.10. The van der Waals surface area contributed by atoms with E-state index < -0.39 is 7.92 Å². The van der Waals surface area contributed by atoms with Crippen molar-refractivity contribution in [2.45, 2.75) is 32.9 Å². The molecule has 0 aliphatic heterocycles. The zero-order chi connectivity index (χ0) is 29.6. The van der Waals surface area contributed by atoms with Gasteiger partial charge in [-0.15, -0.1) is 0 Å². The predicted molar refractivity (Wildman–Crippen MR) is 186 cm³/mol. The lowest BCUT2D eigenvalue weighted by atomic mass is 10.0. The van der Waals surface area contributed by atoms with Crippen LogP contribution in [0.3, 0.4) is 0 Å². The number of halogens is 1. The highest BCUT2D eigenvalue weighted by molar-refractivity contribution is 9.10. The summed E-state index contributed by atoms with van der Waals surface area (Å²) in [5.41, 5.74) is 16.8. The van der Waals surface area contributed by atoms with Crippen LogP contribution in [0.15, 0.2) is 145 Å². The lowest BCUT2D eigenvalue weighted by Crippen LogP contribution is -2.25. The van der Waals surface area contributed by atoms with E-state index in [1.165, 1.54) is 32.6 Å². The lowest BCUT2D eigenvalue weighted by molar-refractivity contribution is 0.810. The van der Waals surface area contributed by atoms with Crippen LogP contribution in [0.5, 0.6) is 0 Å². The number of nitrogens with two attached hydrogens (primary N) is 2. The molecule has 5 rings (SSSR count). The van der Waals surface area contributed by atoms with Gasteiger partial charge < -0.3 is 11.5 Å². The molecule has 0 aromatic heterocycles. The minimum atomic E-state index is -0.579. The molecule has 210 valence electrons. The van der Waals surface area contributed by atoms with E-state index in [0.717, 1.165) is 10.0 Å². The molecule has 2 atom stereocenters. The van der Waals surface area contributed by atoms with Gasteiger partial charge in [0.2, 0.25) is 0 Å². The second-order valence-corrected chi connectivity index (χ2v) is 12.8. The van der Waals surface area contributed by atoms with Crippen LogP contribution >= 0.6 is 23.9 Å². The van der Waals surface area contributed by atoms with Crippen LogP contribution in [0.4, 0.5) is 0 Å². The molecule has 0 fully saturated rings. The van der Waals surface area contributed by atoms with E-state index in [0.29, 0.717) is 0 Å². The van der Waals surface area contributed by atoms with Gasteiger partial charge in [0.1, 0.15) is 0 Å². The molecule has 4 heteroatoms. The second-order valence-electron chi connectivity index (χ2n) is 9.72. The average Bonchev–Trinajstić information content (AvgIpc) is 3.00. The SMILES string of the molecule is C=Cc1ccccc1Br.C[C@H](N)c1ccccc1P(c1ccccc1)c1ccccc1.Cc1ccccc1[C@H](C)N. The summed E-state index contributed by atoms with van der Waals surface area (Å²) in [6, 6.07) is 46.4. The number of rotatable bonds is 6. The van der Waals surface area contributed by atoms with Crippen LogP contribution in [0.25, 0.3) is 6.08 Å². The van der Waals surface area contributed by atoms with Crippen LogP contribution in [0, 0.1) is 6.92 Å². The molecular formula is C37H40BrN2P. The fourth-order valence-electron chi connectivity index (χ4n) is 4.40. The minimum absolute atomic E-state index is 0.0358. The van der Waals surface area contributed by atoms with Gasteiger partial charge in [0, 0.05) is 16.6 Å². The molecule has 5 aromatic carbocycles. The molecular weight excluding hydrogens is 583 g/mol. The summed E-state index contributed by atoms with van der Waals surface area (Å²) in [6.45, 7) is 9.80. The number of hydrogen-bond acceptors (Lipinski definition) is 2. The summed E-state index contributed by atoms with van der Waals surface area (Å²) >= 11 is 3.39. The maximum Gasteiger partial charge on any atom is 0.0272 e. The molecule has 2 nitrogen and oxygen atoms in total. The summed E-state index contributed by atoms with van der Waals surface area (Å²) in [7, 11) is -0.579. The van der Waals surface area contributed by atoms with E-state index >= 15 is 0 Å². The van der Waals surface area contributed by atoms with E-state index in [-0.39, 0.29) is 12.1 Å². The molecule has 0 saturated carbocycles. The van der Waals surface area contributed by atoms with Crippen LogP contribution in [0.1, 0.15) is 48.2 Å². The van der Waals surface area contributed by atoms with Crippen LogP contribution in [-0.4, -0.2) is 0 Å². The van der Waals surface area contributed by atoms with Gasteiger partial charge >= 0.3 is 0 Å². The van der Waals surface area contributed by atoms with Gasteiger partial charge in [0.25, 0.3) is 0 Å². The Morgan fingerprint density at radius 2 is 1.05 bits per heavy atom. The summed E-state index contributed by atoms with van der Waals surface area (Å²) in [4.78, 5) is 0. The van der Waals surface area contributed by atoms with Crippen molar-refractivity contribution in [3.8, 4) is 0 Å². The van der Waals surface area contributed by atoms with Gasteiger partial charge in [-0.3, -0.25) is 0 Å². The molecule has 0 aliphatic carbocycles.